The van der Waals surface area contributed by atoms with Crippen molar-refractivity contribution in [3.8, 4) is 0 Å². The average Bonchev–Trinajstić information content (AvgIpc) is 2.32. The normalized spacial score (nSPS) is 10.4. The predicted octanol–water partition coefficient (Wildman–Crippen LogP) is 4.65. The Kier molecular flexibility index (Phi) is 3.97. The molecule has 1 nitrogen and oxygen atoms in total. The lowest BCUT2D eigenvalue weighted by molar-refractivity contribution is 0.585. The summed E-state index contributed by atoms with van der Waals surface area (Å²) in [5.41, 5.74) is 2.46. The number of hydrogen-bond acceptors (Lipinski definition) is 1. The van der Waals surface area contributed by atoms with Gasteiger partial charge in [0.05, 0.1) is 5.69 Å². The molecule has 0 amide bonds. The van der Waals surface area contributed by atoms with Gasteiger partial charge in [0.1, 0.15) is 11.6 Å². The molecule has 0 aliphatic heterocycles. The molecular weight excluding hydrogens is 300 g/mol. The molecule has 0 fully saturated rings. The number of benzene rings is 2. The zero-order valence-electron chi connectivity index (χ0n) is 9.81. The van der Waals surface area contributed by atoms with E-state index in [-0.39, 0.29) is 0 Å². The summed E-state index contributed by atoms with van der Waals surface area (Å²) >= 11 is 3.42. The van der Waals surface area contributed by atoms with E-state index in [0.29, 0.717) is 12.2 Å². The number of anilines is 1. The number of halogens is 3. The van der Waals surface area contributed by atoms with E-state index >= 15 is 0 Å². The van der Waals surface area contributed by atoms with Crippen LogP contribution in [0.2, 0.25) is 0 Å². The number of nitrogens with one attached hydrogen (secondary N) is 1. The maximum atomic E-state index is 13.4. The van der Waals surface area contributed by atoms with Gasteiger partial charge >= 0.3 is 0 Å². The molecule has 0 radical (unpaired) electrons. The molecule has 0 atom stereocenters. The van der Waals surface area contributed by atoms with Crippen molar-refractivity contribution in [3.05, 3.63) is 63.6 Å². The van der Waals surface area contributed by atoms with Crippen LogP contribution in [0.5, 0.6) is 0 Å². The minimum absolute atomic E-state index is 0.303. The van der Waals surface area contributed by atoms with E-state index in [1.165, 1.54) is 12.1 Å². The first-order chi connectivity index (χ1) is 8.56. The fourth-order valence-corrected chi connectivity index (χ4v) is 1.89. The lowest BCUT2D eigenvalue weighted by atomic mass is 10.1. The van der Waals surface area contributed by atoms with Gasteiger partial charge in [0.15, 0.2) is 0 Å². The largest absolute Gasteiger partial charge is 0.379 e. The number of hydrogen-bond donors (Lipinski definition) is 1. The molecule has 0 aliphatic carbocycles. The minimum Gasteiger partial charge on any atom is -0.379 e. The highest BCUT2D eigenvalue weighted by Crippen LogP contribution is 2.19. The summed E-state index contributed by atoms with van der Waals surface area (Å²) in [6.07, 6.45) is 0. The van der Waals surface area contributed by atoms with Crippen LogP contribution < -0.4 is 5.32 Å². The van der Waals surface area contributed by atoms with Crippen molar-refractivity contribution >= 4 is 21.6 Å². The Balaban J connectivity index is 2.09. The first-order valence-corrected chi connectivity index (χ1v) is 6.29. The Morgan fingerprint density at radius 1 is 1.11 bits per heavy atom. The van der Waals surface area contributed by atoms with E-state index in [1.807, 2.05) is 25.1 Å². The molecule has 0 aromatic heterocycles. The van der Waals surface area contributed by atoms with E-state index in [9.17, 15) is 8.78 Å². The lowest BCUT2D eigenvalue weighted by Crippen LogP contribution is -2.02. The van der Waals surface area contributed by atoms with Gasteiger partial charge in [-0.3, -0.25) is 0 Å². The maximum Gasteiger partial charge on any atom is 0.149 e. The molecule has 4 heteroatoms. The summed E-state index contributed by atoms with van der Waals surface area (Å²) in [5.74, 6) is -1.15. The molecule has 0 saturated carbocycles. The second-order valence-electron chi connectivity index (χ2n) is 4.06. The Morgan fingerprint density at radius 2 is 1.89 bits per heavy atom. The fourth-order valence-electron chi connectivity index (χ4n) is 1.65. The van der Waals surface area contributed by atoms with Gasteiger partial charge in [-0.1, -0.05) is 28.1 Å². The number of aryl methyl sites for hydroxylation is 1. The van der Waals surface area contributed by atoms with Crippen LogP contribution >= 0.6 is 15.9 Å². The van der Waals surface area contributed by atoms with E-state index in [4.69, 9.17) is 0 Å². The summed E-state index contributed by atoms with van der Waals surface area (Å²) < 4.78 is 27.2. The molecular formula is C14H12BrF2N. The van der Waals surface area contributed by atoms with Gasteiger partial charge in [-0.2, -0.15) is 0 Å². The standard InChI is InChI=1S/C14H12BrF2N/c1-9-6-10(2-4-12(9)15)8-18-14-5-3-11(16)7-13(14)17/h2-7,18H,8H2,1H3. The summed E-state index contributed by atoms with van der Waals surface area (Å²) in [4.78, 5) is 0. The van der Waals surface area contributed by atoms with Crippen molar-refractivity contribution in [1.29, 1.82) is 0 Å². The van der Waals surface area contributed by atoms with Crippen molar-refractivity contribution in [3.63, 3.8) is 0 Å². The summed E-state index contributed by atoms with van der Waals surface area (Å²) in [6, 6.07) is 9.42. The minimum atomic E-state index is -0.580. The SMILES string of the molecule is Cc1cc(CNc2ccc(F)cc2F)ccc1Br. The quantitative estimate of drug-likeness (QED) is 0.870. The lowest BCUT2D eigenvalue weighted by Gasteiger charge is -2.09. The first-order valence-electron chi connectivity index (χ1n) is 5.50. The molecule has 0 spiro atoms. The Labute approximate surface area is 113 Å². The summed E-state index contributed by atoms with van der Waals surface area (Å²) in [7, 11) is 0. The van der Waals surface area contributed by atoms with Gasteiger partial charge in [0, 0.05) is 17.1 Å². The smallest absolute Gasteiger partial charge is 0.149 e. The van der Waals surface area contributed by atoms with Gasteiger partial charge in [0.25, 0.3) is 0 Å². The Hall–Kier alpha value is -1.42. The van der Waals surface area contributed by atoms with Crippen LogP contribution in [0.1, 0.15) is 11.1 Å². The topological polar surface area (TPSA) is 12.0 Å². The van der Waals surface area contributed by atoms with Crippen LogP contribution in [0.3, 0.4) is 0 Å². The predicted molar refractivity (Wildman–Crippen MR) is 72.6 cm³/mol. The highest BCUT2D eigenvalue weighted by Gasteiger charge is 2.03. The fraction of sp³-hybridized carbons (Fsp3) is 0.143. The van der Waals surface area contributed by atoms with Gasteiger partial charge in [-0.05, 0) is 36.2 Å². The van der Waals surface area contributed by atoms with Crippen molar-refractivity contribution in [2.75, 3.05) is 5.32 Å². The van der Waals surface area contributed by atoms with Crippen LogP contribution in [-0.2, 0) is 6.54 Å². The van der Waals surface area contributed by atoms with Gasteiger partial charge in [-0.15, -0.1) is 0 Å². The molecule has 0 aliphatic rings. The molecule has 2 aromatic carbocycles. The third-order valence-corrected chi connectivity index (χ3v) is 3.53. The van der Waals surface area contributed by atoms with E-state index in [1.54, 1.807) is 0 Å². The van der Waals surface area contributed by atoms with E-state index in [0.717, 1.165) is 21.7 Å². The van der Waals surface area contributed by atoms with Crippen LogP contribution in [0.25, 0.3) is 0 Å². The molecule has 0 heterocycles. The monoisotopic (exact) mass is 311 g/mol. The van der Waals surface area contributed by atoms with Crippen LogP contribution in [0.15, 0.2) is 40.9 Å². The van der Waals surface area contributed by atoms with E-state index in [2.05, 4.69) is 21.2 Å². The molecule has 2 rings (SSSR count). The first kappa shape index (κ1) is 13.0. The van der Waals surface area contributed by atoms with Crippen LogP contribution in [-0.4, -0.2) is 0 Å². The molecule has 0 unspecified atom stereocenters. The van der Waals surface area contributed by atoms with Crippen LogP contribution in [0, 0.1) is 18.6 Å². The second-order valence-corrected chi connectivity index (χ2v) is 4.92. The molecule has 18 heavy (non-hydrogen) atoms. The summed E-state index contributed by atoms with van der Waals surface area (Å²) in [6.45, 7) is 2.49. The van der Waals surface area contributed by atoms with Crippen molar-refractivity contribution < 1.29 is 8.78 Å². The third kappa shape index (κ3) is 3.07. The zero-order chi connectivity index (χ0) is 13.1. The zero-order valence-corrected chi connectivity index (χ0v) is 11.4. The van der Waals surface area contributed by atoms with Crippen molar-refractivity contribution in [2.24, 2.45) is 0 Å². The highest BCUT2D eigenvalue weighted by atomic mass is 79.9. The molecule has 2 aromatic rings. The third-order valence-electron chi connectivity index (χ3n) is 2.64. The maximum absolute atomic E-state index is 13.4. The Bertz CT molecular complexity index is 570. The van der Waals surface area contributed by atoms with Crippen molar-refractivity contribution in [2.45, 2.75) is 13.5 Å². The molecule has 0 bridgehead atoms. The van der Waals surface area contributed by atoms with Gasteiger partial charge in [-0.25, -0.2) is 8.78 Å². The van der Waals surface area contributed by atoms with Crippen LogP contribution in [0.4, 0.5) is 14.5 Å². The molecule has 1 N–H and O–H groups in total. The average molecular weight is 312 g/mol. The number of rotatable bonds is 3. The van der Waals surface area contributed by atoms with Gasteiger partial charge < -0.3 is 5.32 Å². The van der Waals surface area contributed by atoms with E-state index < -0.39 is 11.6 Å². The highest BCUT2D eigenvalue weighted by molar-refractivity contribution is 9.10. The second kappa shape index (κ2) is 5.48. The molecule has 94 valence electrons. The Morgan fingerprint density at radius 3 is 2.56 bits per heavy atom. The summed E-state index contributed by atoms with van der Waals surface area (Å²) in [5, 5.41) is 2.95. The van der Waals surface area contributed by atoms with Gasteiger partial charge in [0.2, 0.25) is 0 Å². The van der Waals surface area contributed by atoms with Crippen molar-refractivity contribution in [1.82, 2.24) is 0 Å². The molecule has 0 saturated heterocycles.